The minimum Gasteiger partial charge on any atom is -0.497 e. The predicted molar refractivity (Wildman–Crippen MR) is 130 cm³/mol. The molecule has 1 N–H and O–H groups in total. The lowest BCUT2D eigenvalue weighted by Crippen LogP contribution is -2.46. The molecule has 0 radical (unpaired) electrons. The second kappa shape index (κ2) is 7.98. The molecular formula is C28H35NO5. The molecule has 6 nitrogen and oxygen atoms in total. The van der Waals surface area contributed by atoms with Crippen molar-refractivity contribution < 1.29 is 23.9 Å². The highest BCUT2D eigenvalue weighted by Crippen LogP contribution is 2.60. The van der Waals surface area contributed by atoms with E-state index < -0.39 is 5.41 Å². The number of methoxy groups -OCH3 is 1. The molecule has 182 valence electrons. The van der Waals surface area contributed by atoms with Crippen molar-refractivity contribution >= 4 is 16.8 Å². The number of aliphatic hydroxyl groups is 1. The van der Waals surface area contributed by atoms with Gasteiger partial charge >= 0.3 is 0 Å². The number of nitrogens with zero attached hydrogens (tertiary/aromatic N) is 1. The van der Waals surface area contributed by atoms with Crippen LogP contribution in [0.2, 0.25) is 0 Å². The molecule has 6 heteroatoms. The van der Waals surface area contributed by atoms with E-state index in [1.807, 2.05) is 25.1 Å². The number of hydrogen-bond acceptors (Lipinski definition) is 6. The standard InChI is InChI=1S/C28H35NO5/c1-15-13-28-17(3)9-16(2)27(4,5)22(25(28)31)11-18(14-30)10-21(28)24(15)33-26-20-12-19(32-6)7-8-23(20)34-29-26/h7-8,11-13,16-17,21-22,24,30H,9-10,14H2,1-6H3/t16?,17-,21?,22?,24?,28?/m1/s1. The number of ketones is 1. The predicted octanol–water partition coefficient (Wildman–Crippen LogP) is 5.36. The van der Waals surface area contributed by atoms with Gasteiger partial charge in [0.2, 0.25) is 0 Å². The van der Waals surface area contributed by atoms with E-state index in [9.17, 15) is 9.90 Å². The molecule has 0 aliphatic heterocycles. The van der Waals surface area contributed by atoms with Gasteiger partial charge in [0.25, 0.3) is 5.88 Å². The van der Waals surface area contributed by atoms with Gasteiger partial charge in [0.15, 0.2) is 11.4 Å². The number of rotatable bonds is 4. The Kier molecular flexibility index (Phi) is 5.43. The number of allylic oxidation sites excluding steroid dienone is 2. The number of aromatic nitrogens is 1. The molecule has 5 unspecified atom stereocenters. The van der Waals surface area contributed by atoms with E-state index in [1.165, 1.54) is 0 Å². The first-order chi connectivity index (χ1) is 16.1. The fourth-order valence-electron chi connectivity index (χ4n) is 6.75. The summed E-state index contributed by atoms with van der Waals surface area (Å²) in [6.45, 7) is 10.9. The van der Waals surface area contributed by atoms with Crippen LogP contribution in [0.15, 0.2) is 46.0 Å². The maximum absolute atomic E-state index is 14.4. The van der Waals surface area contributed by atoms with Gasteiger partial charge in [-0.3, -0.25) is 4.79 Å². The van der Waals surface area contributed by atoms with Gasteiger partial charge in [-0.1, -0.05) is 39.8 Å². The average molecular weight is 466 g/mol. The van der Waals surface area contributed by atoms with Crippen molar-refractivity contribution in [1.29, 1.82) is 0 Å². The summed E-state index contributed by atoms with van der Waals surface area (Å²) in [4.78, 5) is 14.4. The van der Waals surface area contributed by atoms with Crippen LogP contribution in [-0.4, -0.2) is 35.9 Å². The molecule has 34 heavy (non-hydrogen) atoms. The molecule has 1 spiro atoms. The van der Waals surface area contributed by atoms with Crippen molar-refractivity contribution in [2.75, 3.05) is 13.7 Å². The highest BCUT2D eigenvalue weighted by atomic mass is 16.5. The Balaban J connectivity index is 1.61. The summed E-state index contributed by atoms with van der Waals surface area (Å²) in [7, 11) is 1.62. The first-order valence-corrected chi connectivity index (χ1v) is 12.3. The second-order valence-corrected chi connectivity index (χ2v) is 11.2. The number of carbonyl (C=O) groups excluding carboxylic acids is 1. The van der Waals surface area contributed by atoms with Crippen molar-refractivity contribution in [3.8, 4) is 11.6 Å². The summed E-state index contributed by atoms with van der Waals surface area (Å²) in [5.41, 5.74) is 1.75. The maximum atomic E-state index is 14.4. The zero-order valence-electron chi connectivity index (χ0n) is 20.9. The molecule has 2 bridgehead atoms. The monoisotopic (exact) mass is 465 g/mol. The van der Waals surface area contributed by atoms with Crippen LogP contribution in [0.5, 0.6) is 11.6 Å². The third-order valence-electron chi connectivity index (χ3n) is 9.17. The largest absolute Gasteiger partial charge is 0.497 e. The Morgan fingerprint density at radius 2 is 2.00 bits per heavy atom. The first kappa shape index (κ1) is 23.2. The molecule has 6 atom stereocenters. The number of aliphatic hydroxyl groups excluding tert-OH is 1. The smallest absolute Gasteiger partial charge is 0.262 e. The van der Waals surface area contributed by atoms with Crippen molar-refractivity contribution in [3.05, 3.63) is 41.5 Å². The summed E-state index contributed by atoms with van der Waals surface area (Å²) in [6, 6.07) is 5.50. The van der Waals surface area contributed by atoms with Crippen LogP contribution in [0.3, 0.4) is 0 Å². The average Bonchev–Trinajstić information content (AvgIpc) is 3.29. The number of fused-ring (bicyclic) bond motifs is 2. The minimum atomic E-state index is -0.633. The first-order valence-electron chi connectivity index (χ1n) is 12.3. The molecule has 3 aliphatic carbocycles. The normalized spacial score (nSPS) is 34.7. The van der Waals surface area contributed by atoms with Crippen molar-refractivity contribution in [2.45, 2.75) is 53.6 Å². The Morgan fingerprint density at radius 3 is 2.71 bits per heavy atom. The van der Waals surface area contributed by atoms with Crippen LogP contribution in [0.25, 0.3) is 11.0 Å². The summed E-state index contributed by atoms with van der Waals surface area (Å²) in [5.74, 6) is 1.54. The molecule has 1 heterocycles. The van der Waals surface area contributed by atoms with Gasteiger partial charge in [0.1, 0.15) is 11.9 Å². The van der Waals surface area contributed by atoms with Crippen LogP contribution < -0.4 is 9.47 Å². The number of Topliss-reactive ketones (excluding diaryl/α,β-unsaturated/α-hetero) is 1. The lowest BCUT2D eigenvalue weighted by atomic mass is 9.63. The molecule has 2 aromatic rings. The number of hydrogen-bond donors (Lipinski definition) is 1. The fourth-order valence-corrected chi connectivity index (χ4v) is 6.75. The van der Waals surface area contributed by atoms with Gasteiger partial charge in [-0.2, -0.15) is 0 Å². The quantitative estimate of drug-likeness (QED) is 0.613. The maximum Gasteiger partial charge on any atom is 0.262 e. The van der Waals surface area contributed by atoms with Crippen LogP contribution in [0, 0.1) is 34.5 Å². The molecule has 5 rings (SSSR count). The van der Waals surface area contributed by atoms with Gasteiger partial charge in [0, 0.05) is 11.8 Å². The molecular weight excluding hydrogens is 430 g/mol. The van der Waals surface area contributed by atoms with Gasteiger partial charge < -0.3 is 19.1 Å². The Morgan fingerprint density at radius 1 is 1.24 bits per heavy atom. The van der Waals surface area contributed by atoms with E-state index in [-0.39, 0.29) is 41.7 Å². The van der Waals surface area contributed by atoms with E-state index in [1.54, 1.807) is 7.11 Å². The zero-order chi connectivity index (χ0) is 24.4. The van der Waals surface area contributed by atoms with Crippen LogP contribution in [0.4, 0.5) is 0 Å². The van der Waals surface area contributed by atoms with Crippen LogP contribution in [0.1, 0.15) is 47.5 Å². The second-order valence-electron chi connectivity index (χ2n) is 11.2. The van der Waals surface area contributed by atoms with Crippen molar-refractivity contribution in [1.82, 2.24) is 5.16 Å². The van der Waals surface area contributed by atoms with Crippen molar-refractivity contribution in [3.63, 3.8) is 0 Å². The topological polar surface area (TPSA) is 81.8 Å². The number of carbonyl (C=O) groups is 1. The summed E-state index contributed by atoms with van der Waals surface area (Å²) >= 11 is 0. The molecule has 1 fully saturated rings. The molecule has 0 amide bonds. The van der Waals surface area contributed by atoms with Crippen LogP contribution >= 0.6 is 0 Å². The Bertz CT molecular complexity index is 1190. The van der Waals surface area contributed by atoms with Crippen molar-refractivity contribution in [2.24, 2.45) is 34.5 Å². The molecule has 3 aliphatic rings. The van der Waals surface area contributed by atoms with Gasteiger partial charge in [-0.15, -0.1) is 0 Å². The SMILES string of the molecule is COc1ccc2onc(OC3C(C)=CC45C(=O)C(C=C(CO)CC34)C(C)(C)C(C)C[C@H]5C)c2c1. The Labute approximate surface area is 201 Å². The Hall–Kier alpha value is -2.60. The molecule has 1 aromatic heterocycles. The van der Waals surface area contributed by atoms with E-state index in [2.05, 4.69) is 45.0 Å². The minimum absolute atomic E-state index is 0.0505. The molecule has 1 saturated carbocycles. The van der Waals surface area contributed by atoms with Gasteiger partial charge in [0.05, 0.1) is 24.5 Å². The van der Waals surface area contributed by atoms with E-state index in [4.69, 9.17) is 14.0 Å². The number of ether oxygens (including phenoxy) is 2. The lowest BCUT2D eigenvalue weighted by molar-refractivity contribution is -0.136. The van der Waals surface area contributed by atoms with Gasteiger partial charge in [-0.25, -0.2) is 0 Å². The highest BCUT2D eigenvalue weighted by molar-refractivity contribution is 5.93. The number of benzene rings is 1. The van der Waals surface area contributed by atoms with E-state index in [0.717, 1.165) is 23.0 Å². The third-order valence-corrected chi connectivity index (χ3v) is 9.17. The third kappa shape index (κ3) is 3.18. The fraction of sp³-hybridized carbons (Fsp3) is 0.571. The highest BCUT2D eigenvalue weighted by Gasteiger charge is 2.62. The summed E-state index contributed by atoms with van der Waals surface area (Å²) in [6.07, 6.45) is 5.50. The van der Waals surface area contributed by atoms with Gasteiger partial charge in [-0.05, 0) is 71.5 Å². The molecule has 1 aromatic carbocycles. The van der Waals surface area contributed by atoms with Crippen LogP contribution in [-0.2, 0) is 4.79 Å². The summed E-state index contributed by atoms with van der Waals surface area (Å²) in [5, 5.41) is 15.2. The zero-order valence-corrected chi connectivity index (χ0v) is 20.9. The molecule has 0 saturated heterocycles. The lowest BCUT2D eigenvalue weighted by Gasteiger charge is -2.39. The summed E-state index contributed by atoms with van der Waals surface area (Å²) < 4.78 is 17.5. The van der Waals surface area contributed by atoms with E-state index in [0.29, 0.717) is 29.6 Å². The van der Waals surface area contributed by atoms with E-state index >= 15 is 0 Å².